The first-order valence-corrected chi connectivity index (χ1v) is 5.61. The van der Waals surface area contributed by atoms with Gasteiger partial charge in [-0.15, -0.1) is 0 Å². The van der Waals surface area contributed by atoms with Crippen LogP contribution in [0.25, 0.3) is 11.1 Å². The van der Waals surface area contributed by atoms with Gasteiger partial charge in [-0.2, -0.15) is 0 Å². The summed E-state index contributed by atoms with van der Waals surface area (Å²) in [6.45, 7) is 0. The summed E-state index contributed by atoms with van der Waals surface area (Å²) in [4.78, 5) is 12.1. The van der Waals surface area contributed by atoms with Gasteiger partial charge in [-0.25, -0.2) is 4.39 Å². The van der Waals surface area contributed by atoms with Gasteiger partial charge in [-0.3, -0.25) is 4.79 Å². The molecule has 0 amide bonds. The van der Waals surface area contributed by atoms with Crippen LogP contribution < -0.4 is 0 Å². The number of carbonyl (C=O) groups excluding carboxylic acids is 1. The largest absolute Gasteiger partial charge is 0.289 e. The summed E-state index contributed by atoms with van der Waals surface area (Å²) in [6.07, 6.45) is 0. The molecule has 1 aliphatic carbocycles. The Morgan fingerprint density at radius 1 is 1.00 bits per heavy atom. The van der Waals surface area contributed by atoms with E-state index in [9.17, 15) is 9.18 Å². The zero-order chi connectivity index (χ0) is 11.3. The molecule has 0 saturated carbocycles. The number of halogens is 2. The molecule has 1 aliphatic rings. The van der Waals surface area contributed by atoms with Gasteiger partial charge in [-0.05, 0) is 29.3 Å². The van der Waals surface area contributed by atoms with Crippen molar-refractivity contribution in [3.63, 3.8) is 0 Å². The first kappa shape index (κ1) is 9.73. The first-order valence-electron chi connectivity index (χ1n) is 4.81. The van der Waals surface area contributed by atoms with Crippen LogP contribution in [0.4, 0.5) is 4.39 Å². The molecule has 0 aliphatic heterocycles. The SMILES string of the molecule is O=C1c2cc(F)ccc2-c2cccc(Br)c21. The predicted molar refractivity (Wildman–Crippen MR) is 63.0 cm³/mol. The molecule has 0 bridgehead atoms. The lowest BCUT2D eigenvalue weighted by Gasteiger charge is -1.99. The molecule has 0 heterocycles. The van der Waals surface area contributed by atoms with Gasteiger partial charge in [0.2, 0.25) is 0 Å². The third-order valence-corrected chi connectivity index (χ3v) is 3.42. The second-order valence-electron chi connectivity index (χ2n) is 3.68. The molecule has 0 aromatic heterocycles. The van der Waals surface area contributed by atoms with Gasteiger partial charge in [-0.1, -0.05) is 34.1 Å². The Morgan fingerprint density at radius 3 is 2.62 bits per heavy atom. The molecule has 0 spiro atoms. The van der Waals surface area contributed by atoms with Crippen LogP contribution in [0.15, 0.2) is 40.9 Å². The average molecular weight is 277 g/mol. The summed E-state index contributed by atoms with van der Waals surface area (Å²) < 4.78 is 13.9. The summed E-state index contributed by atoms with van der Waals surface area (Å²) in [5.41, 5.74) is 2.75. The van der Waals surface area contributed by atoms with Crippen molar-refractivity contribution in [1.29, 1.82) is 0 Å². The second kappa shape index (κ2) is 3.25. The molecule has 0 radical (unpaired) electrons. The molecule has 0 atom stereocenters. The topological polar surface area (TPSA) is 17.1 Å². The minimum atomic E-state index is -0.379. The van der Waals surface area contributed by atoms with E-state index in [1.165, 1.54) is 12.1 Å². The van der Waals surface area contributed by atoms with E-state index in [0.717, 1.165) is 15.6 Å². The maximum atomic E-state index is 13.1. The van der Waals surface area contributed by atoms with Crippen molar-refractivity contribution in [2.24, 2.45) is 0 Å². The number of hydrogen-bond donors (Lipinski definition) is 0. The standard InChI is InChI=1S/C13H6BrFO/c14-11-3-1-2-9-8-5-4-7(15)6-10(8)13(16)12(9)11/h1-6H. The fourth-order valence-electron chi connectivity index (χ4n) is 2.05. The van der Waals surface area contributed by atoms with Crippen molar-refractivity contribution >= 4 is 21.7 Å². The second-order valence-corrected chi connectivity index (χ2v) is 4.54. The van der Waals surface area contributed by atoms with E-state index in [2.05, 4.69) is 15.9 Å². The van der Waals surface area contributed by atoms with Crippen LogP contribution in [0.5, 0.6) is 0 Å². The highest BCUT2D eigenvalue weighted by atomic mass is 79.9. The van der Waals surface area contributed by atoms with E-state index in [4.69, 9.17) is 0 Å². The molecule has 3 rings (SSSR count). The lowest BCUT2D eigenvalue weighted by Crippen LogP contribution is -1.96. The van der Waals surface area contributed by atoms with Gasteiger partial charge in [0.05, 0.1) is 0 Å². The molecule has 2 aromatic carbocycles. The Labute approximate surface area is 100 Å². The fraction of sp³-hybridized carbons (Fsp3) is 0. The van der Waals surface area contributed by atoms with Crippen LogP contribution in [0.3, 0.4) is 0 Å². The van der Waals surface area contributed by atoms with E-state index in [1.807, 2.05) is 18.2 Å². The number of carbonyl (C=O) groups is 1. The maximum Gasteiger partial charge on any atom is 0.195 e. The Kier molecular flexibility index (Phi) is 1.98. The number of hydrogen-bond acceptors (Lipinski definition) is 1. The quantitative estimate of drug-likeness (QED) is 0.610. The van der Waals surface area contributed by atoms with Gasteiger partial charge < -0.3 is 0 Å². The van der Waals surface area contributed by atoms with Crippen LogP contribution in [-0.4, -0.2) is 5.78 Å². The van der Waals surface area contributed by atoms with Gasteiger partial charge in [0, 0.05) is 15.6 Å². The molecular weight excluding hydrogens is 271 g/mol. The normalized spacial score (nSPS) is 12.5. The van der Waals surface area contributed by atoms with Crippen molar-refractivity contribution in [2.75, 3.05) is 0 Å². The molecule has 0 N–H and O–H groups in total. The van der Waals surface area contributed by atoms with Gasteiger partial charge in [0.25, 0.3) is 0 Å². The van der Waals surface area contributed by atoms with E-state index in [0.29, 0.717) is 11.1 Å². The summed E-state index contributed by atoms with van der Waals surface area (Å²) in [5, 5.41) is 0. The lowest BCUT2D eigenvalue weighted by molar-refractivity contribution is 0.104. The number of rotatable bonds is 0. The smallest absolute Gasteiger partial charge is 0.195 e. The van der Waals surface area contributed by atoms with Crippen molar-refractivity contribution in [2.45, 2.75) is 0 Å². The molecule has 1 nitrogen and oxygen atoms in total. The van der Waals surface area contributed by atoms with Crippen molar-refractivity contribution in [3.8, 4) is 11.1 Å². The summed E-state index contributed by atoms with van der Waals surface area (Å²) >= 11 is 3.35. The highest BCUT2D eigenvalue weighted by Crippen LogP contribution is 2.39. The summed E-state index contributed by atoms with van der Waals surface area (Å²) in [5.74, 6) is -0.493. The fourth-order valence-corrected chi connectivity index (χ4v) is 2.60. The monoisotopic (exact) mass is 276 g/mol. The molecule has 3 heteroatoms. The van der Waals surface area contributed by atoms with Crippen LogP contribution in [-0.2, 0) is 0 Å². The van der Waals surface area contributed by atoms with Gasteiger partial charge in [0.1, 0.15) is 5.82 Å². The minimum absolute atomic E-state index is 0.114. The number of benzene rings is 2. The van der Waals surface area contributed by atoms with Crippen LogP contribution in [0.1, 0.15) is 15.9 Å². The van der Waals surface area contributed by atoms with Crippen LogP contribution in [0, 0.1) is 5.82 Å². The van der Waals surface area contributed by atoms with Crippen molar-refractivity contribution < 1.29 is 9.18 Å². The molecule has 2 aromatic rings. The minimum Gasteiger partial charge on any atom is -0.289 e. The first-order chi connectivity index (χ1) is 7.68. The average Bonchev–Trinajstić information content (AvgIpc) is 2.54. The van der Waals surface area contributed by atoms with Gasteiger partial charge >= 0.3 is 0 Å². The third-order valence-electron chi connectivity index (χ3n) is 2.76. The third kappa shape index (κ3) is 1.18. The van der Waals surface area contributed by atoms with Crippen molar-refractivity contribution in [1.82, 2.24) is 0 Å². The Balaban J connectivity index is 2.39. The molecule has 0 saturated heterocycles. The maximum absolute atomic E-state index is 13.1. The van der Waals surface area contributed by atoms with Crippen molar-refractivity contribution in [3.05, 3.63) is 57.8 Å². The predicted octanol–water partition coefficient (Wildman–Crippen LogP) is 3.80. The van der Waals surface area contributed by atoms with E-state index in [1.54, 1.807) is 6.07 Å². The van der Waals surface area contributed by atoms with Gasteiger partial charge in [0.15, 0.2) is 5.78 Å². The van der Waals surface area contributed by atoms with Crippen LogP contribution >= 0.6 is 15.9 Å². The zero-order valence-electron chi connectivity index (χ0n) is 8.13. The Morgan fingerprint density at radius 2 is 1.81 bits per heavy atom. The summed E-state index contributed by atoms with van der Waals surface area (Å²) in [7, 11) is 0. The lowest BCUT2D eigenvalue weighted by atomic mass is 10.1. The van der Waals surface area contributed by atoms with E-state index < -0.39 is 0 Å². The molecular formula is C13H6BrFO. The molecule has 78 valence electrons. The van der Waals surface area contributed by atoms with E-state index >= 15 is 0 Å². The Bertz CT molecular complexity index is 619. The van der Waals surface area contributed by atoms with Crippen LogP contribution in [0.2, 0.25) is 0 Å². The molecule has 0 unspecified atom stereocenters. The zero-order valence-corrected chi connectivity index (χ0v) is 9.71. The Hall–Kier alpha value is -1.48. The summed E-state index contributed by atoms with van der Waals surface area (Å²) in [6, 6.07) is 9.89. The molecule has 0 fully saturated rings. The highest BCUT2D eigenvalue weighted by molar-refractivity contribution is 9.10. The number of ketones is 1. The molecule has 16 heavy (non-hydrogen) atoms. The number of fused-ring (bicyclic) bond motifs is 3. The van der Waals surface area contributed by atoms with E-state index in [-0.39, 0.29) is 11.6 Å². The highest BCUT2D eigenvalue weighted by Gasteiger charge is 2.28.